The van der Waals surface area contributed by atoms with Gasteiger partial charge in [-0.15, -0.1) is 0 Å². The Bertz CT molecular complexity index is 1170. The van der Waals surface area contributed by atoms with Gasteiger partial charge < -0.3 is 15.7 Å². The van der Waals surface area contributed by atoms with Crippen molar-refractivity contribution in [2.75, 3.05) is 11.9 Å². The van der Waals surface area contributed by atoms with Crippen molar-refractivity contribution in [2.24, 2.45) is 0 Å². The first-order chi connectivity index (χ1) is 14.6. The van der Waals surface area contributed by atoms with Crippen molar-refractivity contribution < 1.29 is 23.1 Å². The third-order valence-electron chi connectivity index (χ3n) is 4.63. The lowest BCUT2D eigenvalue weighted by molar-refractivity contribution is -0.137. The maximum absolute atomic E-state index is 12.9. The molecule has 0 fully saturated rings. The number of hydrogen-bond acceptors (Lipinski definition) is 5. The van der Waals surface area contributed by atoms with Crippen molar-refractivity contribution in [2.45, 2.75) is 32.8 Å². The lowest BCUT2D eigenvalue weighted by atomic mass is 10.1. The number of aliphatic hydroxyl groups excluding tert-OH is 1. The average Bonchev–Trinajstić information content (AvgIpc) is 2.71. The standard InChI is InChI=1S/C21H21F3N4O3/c1-12-20(31)28(19(30)11-25-13(2)29)18-9-16(6-7-17(18)27-12)26-10-14-4-3-5-15(8-14)21(22,23)24/h3-9,19,26,30H,10-11H2,1-2H3,(H,25,29). The topological polar surface area (TPSA) is 96.2 Å². The van der Waals surface area contributed by atoms with Crippen LogP contribution in [0.3, 0.4) is 0 Å². The molecule has 0 spiro atoms. The van der Waals surface area contributed by atoms with Crippen molar-refractivity contribution in [1.82, 2.24) is 14.9 Å². The number of carbonyl (C=O) groups excluding carboxylic acids is 1. The molecule has 164 valence electrons. The summed E-state index contributed by atoms with van der Waals surface area (Å²) in [7, 11) is 0. The van der Waals surface area contributed by atoms with Crippen LogP contribution in [0.5, 0.6) is 0 Å². The van der Waals surface area contributed by atoms with Gasteiger partial charge in [0.2, 0.25) is 5.91 Å². The van der Waals surface area contributed by atoms with Crippen molar-refractivity contribution in [3.63, 3.8) is 0 Å². The second-order valence-electron chi connectivity index (χ2n) is 7.05. The number of rotatable bonds is 6. The lowest BCUT2D eigenvalue weighted by Crippen LogP contribution is -2.35. The van der Waals surface area contributed by atoms with Gasteiger partial charge in [-0.1, -0.05) is 12.1 Å². The van der Waals surface area contributed by atoms with Crippen LogP contribution in [0.15, 0.2) is 47.3 Å². The lowest BCUT2D eigenvalue weighted by Gasteiger charge is -2.18. The van der Waals surface area contributed by atoms with Gasteiger partial charge in [-0.05, 0) is 42.8 Å². The second kappa shape index (κ2) is 8.76. The molecule has 0 aliphatic rings. The van der Waals surface area contributed by atoms with Gasteiger partial charge in [-0.3, -0.25) is 14.2 Å². The van der Waals surface area contributed by atoms with E-state index in [2.05, 4.69) is 15.6 Å². The fourth-order valence-electron chi connectivity index (χ4n) is 3.12. The number of fused-ring (bicyclic) bond motifs is 1. The van der Waals surface area contributed by atoms with Gasteiger partial charge in [0.25, 0.3) is 5.56 Å². The van der Waals surface area contributed by atoms with Crippen LogP contribution in [0.25, 0.3) is 11.0 Å². The number of aliphatic hydroxyl groups is 1. The van der Waals surface area contributed by atoms with E-state index < -0.39 is 23.5 Å². The summed E-state index contributed by atoms with van der Waals surface area (Å²) < 4.78 is 39.8. The summed E-state index contributed by atoms with van der Waals surface area (Å²) in [5, 5.41) is 15.9. The van der Waals surface area contributed by atoms with Crippen molar-refractivity contribution in [3.8, 4) is 0 Å². The summed E-state index contributed by atoms with van der Waals surface area (Å²) in [6, 6.07) is 9.86. The molecule has 0 saturated carbocycles. The largest absolute Gasteiger partial charge is 0.416 e. The predicted octanol–water partition coefficient (Wildman–Crippen LogP) is 2.96. The minimum absolute atomic E-state index is 0.118. The average molecular weight is 434 g/mol. The number of carbonyl (C=O) groups is 1. The molecule has 1 heterocycles. The van der Waals surface area contributed by atoms with E-state index >= 15 is 0 Å². The quantitative estimate of drug-likeness (QED) is 0.554. The molecule has 3 aromatic rings. The van der Waals surface area contributed by atoms with Crippen molar-refractivity contribution in [3.05, 3.63) is 69.6 Å². The van der Waals surface area contributed by atoms with Gasteiger partial charge in [0.1, 0.15) is 5.69 Å². The maximum atomic E-state index is 12.9. The molecular weight excluding hydrogens is 413 g/mol. The minimum atomic E-state index is -4.43. The fraction of sp³-hybridized carbons (Fsp3) is 0.286. The smallest absolute Gasteiger partial charge is 0.381 e. The number of hydrogen-bond donors (Lipinski definition) is 3. The monoisotopic (exact) mass is 434 g/mol. The van der Waals surface area contributed by atoms with Crippen LogP contribution < -0.4 is 16.2 Å². The molecule has 1 unspecified atom stereocenters. The number of nitrogens with one attached hydrogen (secondary N) is 2. The molecule has 1 amide bonds. The molecule has 0 bridgehead atoms. The molecule has 7 nitrogen and oxygen atoms in total. The van der Waals surface area contributed by atoms with E-state index in [1.54, 1.807) is 24.3 Å². The molecule has 10 heteroatoms. The summed E-state index contributed by atoms with van der Waals surface area (Å²) in [5.41, 5.74) is 0.654. The molecule has 0 aliphatic carbocycles. The third-order valence-corrected chi connectivity index (χ3v) is 4.63. The zero-order valence-electron chi connectivity index (χ0n) is 16.8. The Balaban J connectivity index is 1.91. The third kappa shape index (κ3) is 5.21. The van der Waals surface area contributed by atoms with Gasteiger partial charge in [-0.2, -0.15) is 13.2 Å². The highest BCUT2D eigenvalue weighted by Gasteiger charge is 2.30. The first kappa shape index (κ1) is 22.3. The van der Waals surface area contributed by atoms with Gasteiger partial charge in [0.15, 0.2) is 6.23 Å². The van der Waals surface area contributed by atoms with Crippen molar-refractivity contribution >= 4 is 22.6 Å². The number of amides is 1. The molecule has 2 aromatic carbocycles. The van der Waals surface area contributed by atoms with Gasteiger partial charge in [-0.25, -0.2) is 4.98 Å². The molecule has 1 aromatic heterocycles. The van der Waals surface area contributed by atoms with Crippen LogP contribution >= 0.6 is 0 Å². The summed E-state index contributed by atoms with van der Waals surface area (Å²) in [6.07, 6.45) is -5.75. The van der Waals surface area contributed by atoms with E-state index in [4.69, 9.17) is 0 Å². The van der Waals surface area contributed by atoms with Gasteiger partial charge in [0, 0.05) is 19.2 Å². The second-order valence-corrected chi connectivity index (χ2v) is 7.05. The number of benzene rings is 2. The van der Waals surface area contributed by atoms with Crippen LogP contribution in [-0.2, 0) is 17.5 Å². The van der Waals surface area contributed by atoms with E-state index in [9.17, 15) is 27.9 Å². The highest BCUT2D eigenvalue weighted by Crippen LogP contribution is 2.29. The maximum Gasteiger partial charge on any atom is 0.416 e. The van der Waals surface area contributed by atoms with Crippen molar-refractivity contribution in [1.29, 1.82) is 0 Å². The molecule has 31 heavy (non-hydrogen) atoms. The van der Waals surface area contributed by atoms with Crippen LogP contribution in [0.1, 0.15) is 30.0 Å². The Morgan fingerprint density at radius 3 is 2.65 bits per heavy atom. The fourth-order valence-corrected chi connectivity index (χ4v) is 3.12. The Kier molecular flexibility index (Phi) is 6.30. The van der Waals surface area contributed by atoms with Gasteiger partial charge in [0.05, 0.1) is 23.1 Å². The molecular formula is C21H21F3N4O3. The summed E-state index contributed by atoms with van der Waals surface area (Å²) in [4.78, 5) is 28.0. The molecule has 3 rings (SSSR count). The number of anilines is 1. The Morgan fingerprint density at radius 1 is 1.23 bits per heavy atom. The molecule has 3 N–H and O–H groups in total. The molecule has 0 radical (unpaired) electrons. The number of alkyl halides is 3. The first-order valence-electron chi connectivity index (χ1n) is 9.41. The van der Waals surface area contributed by atoms with E-state index in [1.165, 1.54) is 19.9 Å². The number of nitrogens with zero attached hydrogens (tertiary/aromatic N) is 2. The normalized spacial score (nSPS) is 12.6. The number of aromatic nitrogens is 2. The van der Waals surface area contributed by atoms with E-state index in [-0.39, 0.29) is 24.7 Å². The number of aryl methyl sites for hydroxylation is 1. The summed E-state index contributed by atoms with van der Waals surface area (Å²) >= 11 is 0. The van der Waals surface area contributed by atoms with Crippen LogP contribution in [0, 0.1) is 6.92 Å². The summed E-state index contributed by atoms with van der Waals surface area (Å²) in [5.74, 6) is -0.356. The number of halogens is 3. The molecule has 0 aliphatic heterocycles. The highest BCUT2D eigenvalue weighted by molar-refractivity contribution is 5.79. The van der Waals surface area contributed by atoms with E-state index in [0.717, 1.165) is 16.7 Å². The Morgan fingerprint density at radius 2 is 1.97 bits per heavy atom. The van der Waals surface area contributed by atoms with Crippen LogP contribution in [0.2, 0.25) is 0 Å². The predicted molar refractivity (Wildman–Crippen MR) is 109 cm³/mol. The summed E-state index contributed by atoms with van der Waals surface area (Å²) in [6.45, 7) is 2.76. The van der Waals surface area contributed by atoms with Crippen LogP contribution in [-0.4, -0.2) is 27.1 Å². The van der Waals surface area contributed by atoms with E-state index in [0.29, 0.717) is 22.3 Å². The zero-order chi connectivity index (χ0) is 22.8. The van der Waals surface area contributed by atoms with Crippen LogP contribution in [0.4, 0.5) is 18.9 Å². The van der Waals surface area contributed by atoms with Gasteiger partial charge >= 0.3 is 6.18 Å². The Labute approximate surface area is 175 Å². The minimum Gasteiger partial charge on any atom is -0.381 e. The van der Waals surface area contributed by atoms with E-state index in [1.807, 2.05) is 0 Å². The Hall–Kier alpha value is -3.40. The zero-order valence-corrected chi connectivity index (χ0v) is 16.8. The highest BCUT2D eigenvalue weighted by atomic mass is 19.4. The molecule has 0 saturated heterocycles. The first-order valence-corrected chi connectivity index (χ1v) is 9.41. The molecule has 1 atom stereocenters. The SMILES string of the molecule is CC(=O)NCC(O)n1c(=O)c(C)nc2ccc(NCc3cccc(C(F)(F)F)c3)cc21.